The summed E-state index contributed by atoms with van der Waals surface area (Å²) in [5.41, 5.74) is 14.8. The van der Waals surface area contributed by atoms with Gasteiger partial charge in [0.25, 0.3) is 0 Å². The fourth-order valence-corrected chi connectivity index (χ4v) is 12.4. The summed E-state index contributed by atoms with van der Waals surface area (Å²) in [5.74, 6) is 0.576. The van der Waals surface area contributed by atoms with Crippen LogP contribution in [0.3, 0.4) is 0 Å². The van der Waals surface area contributed by atoms with Crippen LogP contribution in [0.25, 0.3) is 53.2 Å². The molecule has 1 heterocycles. The smallest absolute Gasteiger partial charge is 0.0714 e. The van der Waals surface area contributed by atoms with Crippen LogP contribution in [0.4, 0.5) is 17.1 Å². The molecule has 9 aromatic carbocycles. The predicted molar refractivity (Wildman–Crippen MR) is 260 cm³/mol. The van der Waals surface area contributed by atoms with Crippen molar-refractivity contribution in [3.05, 3.63) is 234 Å². The van der Waals surface area contributed by atoms with E-state index in [1.54, 1.807) is 0 Å². The zero-order valence-corrected chi connectivity index (χ0v) is 34.9. The van der Waals surface area contributed by atoms with Crippen molar-refractivity contribution in [2.45, 2.75) is 43.4 Å². The Balaban J connectivity index is 1.19. The lowest BCUT2D eigenvalue weighted by Gasteiger charge is -2.35. The zero-order valence-electron chi connectivity index (χ0n) is 34.1. The summed E-state index contributed by atoms with van der Waals surface area (Å²) in [6.07, 6.45) is 6.47. The molecule has 2 heteroatoms. The van der Waals surface area contributed by atoms with Crippen LogP contribution in [0.2, 0.25) is 0 Å². The maximum absolute atomic E-state index is 2.62. The first-order valence-corrected chi connectivity index (χ1v) is 22.8. The SMILES string of the molecule is c1ccc(C2(c3ccccc3)c3ccccc3-c3c(N(c4ccccc4-c4cccc5cccc(C6CCCCC6)c45)c4cccc5c4sc4ccccc45)cccc32)cc1. The van der Waals surface area contributed by atoms with Gasteiger partial charge in [0.05, 0.1) is 27.2 Å². The predicted octanol–water partition coefficient (Wildman–Crippen LogP) is 16.8. The fraction of sp³-hybridized carbons (Fsp3) is 0.119. The lowest BCUT2D eigenvalue weighted by atomic mass is 9.68. The topological polar surface area (TPSA) is 3.24 Å². The molecule has 0 saturated heterocycles. The Morgan fingerprint density at radius 2 is 1.00 bits per heavy atom. The molecule has 2 aliphatic rings. The van der Waals surface area contributed by atoms with Gasteiger partial charge in [-0.05, 0) is 92.7 Å². The number of fused-ring (bicyclic) bond motifs is 7. The average molecular weight is 800 g/mol. The van der Waals surface area contributed by atoms with Crippen molar-refractivity contribution in [1.82, 2.24) is 0 Å². The number of hydrogen-bond acceptors (Lipinski definition) is 2. The quantitative estimate of drug-likeness (QED) is 0.155. The third-order valence-corrected chi connectivity index (χ3v) is 15.0. The number of benzene rings is 9. The van der Waals surface area contributed by atoms with E-state index in [2.05, 4.69) is 211 Å². The molecule has 0 bridgehead atoms. The number of anilines is 3. The molecule has 10 aromatic rings. The third kappa shape index (κ3) is 5.59. The van der Waals surface area contributed by atoms with Crippen molar-refractivity contribution >= 4 is 59.3 Å². The summed E-state index contributed by atoms with van der Waals surface area (Å²) in [7, 11) is 0. The first-order chi connectivity index (χ1) is 30.3. The van der Waals surface area contributed by atoms with Gasteiger partial charge in [0, 0.05) is 26.6 Å². The summed E-state index contributed by atoms with van der Waals surface area (Å²) in [5, 5.41) is 5.32. The van der Waals surface area contributed by atoms with Crippen LogP contribution in [0.5, 0.6) is 0 Å². The molecule has 0 spiro atoms. The summed E-state index contributed by atoms with van der Waals surface area (Å²) < 4.78 is 2.60. The molecule has 0 aliphatic heterocycles. The summed E-state index contributed by atoms with van der Waals surface area (Å²) in [6, 6.07) is 77.6. The summed E-state index contributed by atoms with van der Waals surface area (Å²) >= 11 is 1.90. The molecular formula is C59H45NS. The molecule has 1 aromatic heterocycles. The Bertz CT molecular complexity index is 3200. The van der Waals surface area contributed by atoms with Gasteiger partial charge >= 0.3 is 0 Å². The molecule has 0 N–H and O–H groups in total. The molecule has 0 amide bonds. The Kier molecular flexibility index (Phi) is 8.75. The van der Waals surface area contributed by atoms with Gasteiger partial charge in [-0.2, -0.15) is 0 Å². The number of para-hydroxylation sites is 1. The van der Waals surface area contributed by atoms with Gasteiger partial charge in [-0.25, -0.2) is 0 Å². The minimum Gasteiger partial charge on any atom is -0.308 e. The zero-order chi connectivity index (χ0) is 40.3. The van der Waals surface area contributed by atoms with Crippen molar-refractivity contribution in [3.63, 3.8) is 0 Å². The van der Waals surface area contributed by atoms with Gasteiger partial charge in [0.1, 0.15) is 0 Å². The Morgan fingerprint density at radius 1 is 0.426 bits per heavy atom. The van der Waals surface area contributed by atoms with E-state index >= 15 is 0 Å². The number of rotatable bonds is 7. The number of hydrogen-bond donors (Lipinski definition) is 0. The van der Waals surface area contributed by atoms with Gasteiger partial charge in [-0.3, -0.25) is 0 Å². The fourth-order valence-electron chi connectivity index (χ4n) is 11.2. The molecule has 12 rings (SSSR count). The Morgan fingerprint density at radius 3 is 1.80 bits per heavy atom. The van der Waals surface area contributed by atoms with Crippen LogP contribution < -0.4 is 4.90 Å². The van der Waals surface area contributed by atoms with Crippen LogP contribution in [-0.4, -0.2) is 0 Å². The molecule has 61 heavy (non-hydrogen) atoms. The second-order valence-electron chi connectivity index (χ2n) is 16.9. The van der Waals surface area contributed by atoms with E-state index in [4.69, 9.17) is 0 Å². The highest BCUT2D eigenvalue weighted by Gasteiger charge is 2.47. The minimum atomic E-state index is -0.510. The van der Waals surface area contributed by atoms with Crippen molar-refractivity contribution in [2.75, 3.05) is 4.90 Å². The van der Waals surface area contributed by atoms with E-state index in [0.29, 0.717) is 5.92 Å². The van der Waals surface area contributed by atoms with Gasteiger partial charge in [0.15, 0.2) is 0 Å². The van der Waals surface area contributed by atoms with Crippen molar-refractivity contribution in [3.8, 4) is 22.3 Å². The molecule has 0 radical (unpaired) electrons. The molecule has 292 valence electrons. The molecule has 1 nitrogen and oxygen atoms in total. The largest absolute Gasteiger partial charge is 0.308 e. The second-order valence-corrected chi connectivity index (χ2v) is 18.0. The maximum Gasteiger partial charge on any atom is 0.0714 e. The van der Waals surface area contributed by atoms with Gasteiger partial charge < -0.3 is 4.90 Å². The standard InChI is InChI=1S/C59H45NS/c1-4-20-40(21-5-1)44-31-16-22-41-23-17-32-47(56(41)44)45-28-11-14-36-52(45)60(54-38-18-33-48-46-29-12-15-39-55(46)61-58(48)54)53-37-19-35-51-57(53)49-30-10-13-34-50(49)59(51,42-24-6-2-7-25-42)43-26-8-3-9-27-43/h2-3,6-19,22-40H,1,4-5,20-21H2. The number of thiophene rings is 1. The van der Waals surface area contributed by atoms with E-state index < -0.39 is 5.41 Å². The molecule has 1 saturated carbocycles. The van der Waals surface area contributed by atoms with Crippen LogP contribution >= 0.6 is 11.3 Å². The number of nitrogens with zero attached hydrogens (tertiary/aromatic N) is 1. The molecule has 0 unspecified atom stereocenters. The molecule has 0 atom stereocenters. The van der Waals surface area contributed by atoms with Crippen LogP contribution in [-0.2, 0) is 5.41 Å². The van der Waals surface area contributed by atoms with Crippen LogP contribution in [0.1, 0.15) is 65.8 Å². The highest BCUT2D eigenvalue weighted by molar-refractivity contribution is 7.26. The van der Waals surface area contributed by atoms with Gasteiger partial charge in [0.2, 0.25) is 0 Å². The monoisotopic (exact) mass is 799 g/mol. The van der Waals surface area contributed by atoms with E-state index in [-0.39, 0.29) is 0 Å². The van der Waals surface area contributed by atoms with Gasteiger partial charge in [-0.1, -0.05) is 201 Å². The summed E-state index contributed by atoms with van der Waals surface area (Å²) in [6.45, 7) is 0. The van der Waals surface area contributed by atoms with Crippen LogP contribution in [0.15, 0.2) is 206 Å². The minimum absolute atomic E-state index is 0.510. The van der Waals surface area contributed by atoms with Crippen molar-refractivity contribution in [2.24, 2.45) is 0 Å². The molecular weight excluding hydrogens is 755 g/mol. The first-order valence-electron chi connectivity index (χ1n) is 22.0. The Labute approximate surface area is 362 Å². The normalized spacial score (nSPS) is 14.6. The Hall–Kier alpha value is -6.74. The maximum atomic E-state index is 2.62. The third-order valence-electron chi connectivity index (χ3n) is 13.7. The first kappa shape index (κ1) is 36.1. The van der Waals surface area contributed by atoms with E-state index in [9.17, 15) is 0 Å². The van der Waals surface area contributed by atoms with E-state index in [0.717, 1.165) is 0 Å². The van der Waals surface area contributed by atoms with Gasteiger partial charge in [-0.15, -0.1) is 11.3 Å². The summed E-state index contributed by atoms with van der Waals surface area (Å²) in [4.78, 5) is 2.62. The average Bonchev–Trinajstić information content (AvgIpc) is 3.87. The molecule has 1 fully saturated rings. The lowest BCUT2D eigenvalue weighted by Crippen LogP contribution is -2.28. The molecule has 2 aliphatic carbocycles. The van der Waals surface area contributed by atoms with Crippen molar-refractivity contribution in [1.29, 1.82) is 0 Å². The van der Waals surface area contributed by atoms with Crippen LogP contribution in [0, 0.1) is 0 Å². The highest BCUT2D eigenvalue weighted by Crippen LogP contribution is 2.60. The lowest BCUT2D eigenvalue weighted by molar-refractivity contribution is 0.445. The second kappa shape index (κ2) is 14.8. The highest BCUT2D eigenvalue weighted by atomic mass is 32.1. The van der Waals surface area contributed by atoms with Crippen molar-refractivity contribution < 1.29 is 0 Å². The van der Waals surface area contributed by atoms with E-state index in [1.165, 1.54) is 130 Å². The van der Waals surface area contributed by atoms with E-state index in [1.807, 2.05) is 11.3 Å².